The second kappa shape index (κ2) is 5.53. The van der Waals surface area contributed by atoms with Crippen molar-refractivity contribution < 1.29 is 4.39 Å². The third kappa shape index (κ3) is 2.62. The highest BCUT2D eigenvalue weighted by Gasteiger charge is 2.16. The van der Waals surface area contributed by atoms with E-state index in [2.05, 4.69) is 20.1 Å². The molecule has 0 atom stereocenters. The van der Waals surface area contributed by atoms with Crippen LogP contribution in [0.4, 0.5) is 4.39 Å². The monoisotopic (exact) mass is 319 g/mol. The molecule has 0 aliphatic carbocycles. The normalized spacial score (nSPS) is 11.4. The van der Waals surface area contributed by atoms with Crippen LogP contribution >= 0.6 is 11.6 Å². The molecule has 114 valence electrons. The molecular formula is C15H15ClFN5. The smallest absolute Gasteiger partial charge is 0.176 e. The lowest BCUT2D eigenvalue weighted by Gasteiger charge is -2.07. The zero-order chi connectivity index (χ0) is 15.9. The fourth-order valence-corrected chi connectivity index (χ4v) is 2.39. The van der Waals surface area contributed by atoms with Gasteiger partial charge in [0, 0.05) is 11.1 Å². The quantitative estimate of drug-likeness (QED) is 0.793. The van der Waals surface area contributed by atoms with Gasteiger partial charge in [-0.3, -0.25) is 0 Å². The van der Waals surface area contributed by atoms with Crippen molar-refractivity contribution in [2.24, 2.45) is 0 Å². The van der Waals surface area contributed by atoms with E-state index in [0.29, 0.717) is 33.8 Å². The zero-order valence-corrected chi connectivity index (χ0v) is 13.2. The predicted octanol–water partition coefficient (Wildman–Crippen LogP) is 4.02. The Balaban J connectivity index is 2.04. The molecule has 0 unspecified atom stereocenters. The molecule has 0 saturated carbocycles. The molecule has 0 amide bonds. The summed E-state index contributed by atoms with van der Waals surface area (Å²) >= 11 is 5.77. The molecule has 0 radical (unpaired) electrons. The highest BCUT2D eigenvalue weighted by atomic mass is 35.5. The molecule has 7 heteroatoms. The molecule has 0 spiro atoms. The molecule has 1 N–H and O–H groups in total. The number of imidazole rings is 1. The Labute approximate surface area is 132 Å². The van der Waals surface area contributed by atoms with Crippen molar-refractivity contribution in [1.29, 1.82) is 0 Å². The van der Waals surface area contributed by atoms with Gasteiger partial charge in [0.1, 0.15) is 23.2 Å². The minimum atomic E-state index is -0.421. The van der Waals surface area contributed by atoms with E-state index in [-0.39, 0.29) is 6.04 Å². The number of benzene rings is 1. The summed E-state index contributed by atoms with van der Waals surface area (Å²) in [5.41, 5.74) is 1.06. The summed E-state index contributed by atoms with van der Waals surface area (Å²) in [6.07, 6.45) is 1.63. The third-order valence-corrected chi connectivity index (χ3v) is 3.46. The van der Waals surface area contributed by atoms with E-state index in [1.54, 1.807) is 18.3 Å². The van der Waals surface area contributed by atoms with E-state index < -0.39 is 5.82 Å². The summed E-state index contributed by atoms with van der Waals surface area (Å²) in [7, 11) is 0. The number of nitrogens with zero attached hydrogens (tertiary/aromatic N) is 4. The van der Waals surface area contributed by atoms with Crippen LogP contribution in [0.25, 0.3) is 22.9 Å². The first-order valence-corrected chi connectivity index (χ1v) is 7.27. The van der Waals surface area contributed by atoms with E-state index in [1.165, 1.54) is 6.07 Å². The Hall–Kier alpha value is -2.21. The van der Waals surface area contributed by atoms with E-state index in [0.717, 1.165) is 0 Å². The van der Waals surface area contributed by atoms with Crippen molar-refractivity contribution in [3.63, 3.8) is 0 Å². The summed E-state index contributed by atoms with van der Waals surface area (Å²) in [5.74, 6) is 1.37. The van der Waals surface area contributed by atoms with Crippen molar-refractivity contribution in [1.82, 2.24) is 24.7 Å². The summed E-state index contributed by atoms with van der Waals surface area (Å²) in [5, 5.41) is 4.71. The van der Waals surface area contributed by atoms with Crippen LogP contribution in [0, 0.1) is 12.7 Å². The van der Waals surface area contributed by atoms with Gasteiger partial charge in [-0.15, -0.1) is 0 Å². The fourth-order valence-electron chi connectivity index (χ4n) is 2.23. The lowest BCUT2D eigenvalue weighted by molar-refractivity contribution is 0.534. The topological polar surface area (TPSA) is 59.4 Å². The molecule has 0 fully saturated rings. The number of halogens is 2. The van der Waals surface area contributed by atoms with Crippen LogP contribution in [0.2, 0.25) is 5.02 Å². The first kappa shape index (κ1) is 14.7. The van der Waals surface area contributed by atoms with Gasteiger partial charge in [0.15, 0.2) is 5.82 Å². The number of aryl methyl sites for hydroxylation is 1. The number of nitrogens with one attached hydrogen (secondary N) is 1. The molecule has 0 aliphatic rings. The molecule has 2 heterocycles. The second-order valence-corrected chi connectivity index (χ2v) is 5.73. The highest BCUT2D eigenvalue weighted by Crippen LogP contribution is 2.26. The average molecular weight is 320 g/mol. The number of H-pyrrole nitrogens is 1. The third-order valence-electron chi connectivity index (χ3n) is 3.23. The minimum Gasteiger partial charge on any atom is -0.335 e. The predicted molar refractivity (Wildman–Crippen MR) is 83.1 cm³/mol. The molecule has 2 aromatic heterocycles. The Kier molecular flexibility index (Phi) is 3.70. The summed E-state index contributed by atoms with van der Waals surface area (Å²) < 4.78 is 15.8. The van der Waals surface area contributed by atoms with Crippen molar-refractivity contribution in [2.75, 3.05) is 0 Å². The van der Waals surface area contributed by atoms with E-state index >= 15 is 0 Å². The SMILES string of the molecule is Cc1nc(-c2cnc(-c3ccc(Cl)cc3F)[nH]2)n(C(C)C)n1. The summed E-state index contributed by atoms with van der Waals surface area (Å²) in [4.78, 5) is 11.8. The molecule has 0 bridgehead atoms. The van der Waals surface area contributed by atoms with Gasteiger partial charge in [0.25, 0.3) is 0 Å². The van der Waals surface area contributed by atoms with Crippen LogP contribution in [-0.4, -0.2) is 24.7 Å². The van der Waals surface area contributed by atoms with Crippen molar-refractivity contribution in [3.8, 4) is 22.9 Å². The molecule has 5 nitrogen and oxygen atoms in total. The maximum Gasteiger partial charge on any atom is 0.176 e. The Bertz CT molecular complexity index is 821. The fraction of sp³-hybridized carbons (Fsp3) is 0.267. The van der Waals surface area contributed by atoms with Gasteiger partial charge in [0.05, 0.1) is 11.8 Å². The van der Waals surface area contributed by atoms with E-state index in [1.807, 2.05) is 25.5 Å². The molecule has 3 aromatic rings. The van der Waals surface area contributed by atoms with Crippen LogP contribution in [0.5, 0.6) is 0 Å². The molecular weight excluding hydrogens is 305 g/mol. The van der Waals surface area contributed by atoms with Crippen molar-refractivity contribution in [2.45, 2.75) is 26.8 Å². The van der Waals surface area contributed by atoms with Crippen molar-refractivity contribution in [3.05, 3.63) is 41.1 Å². The largest absolute Gasteiger partial charge is 0.335 e. The highest BCUT2D eigenvalue weighted by molar-refractivity contribution is 6.30. The number of hydrogen-bond donors (Lipinski definition) is 1. The minimum absolute atomic E-state index is 0.162. The standard InChI is InChI=1S/C15H15ClFN5/c1-8(2)22-15(19-9(3)21-22)13-7-18-14(20-13)11-5-4-10(16)6-12(11)17/h4-8H,1-3H3,(H,18,20). The maximum atomic E-state index is 14.0. The number of aromatic nitrogens is 5. The van der Waals surface area contributed by atoms with Gasteiger partial charge < -0.3 is 4.98 Å². The number of aromatic amines is 1. The van der Waals surface area contributed by atoms with Gasteiger partial charge in [-0.25, -0.2) is 19.0 Å². The first-order valence-electron chi connectivity index (χ1n) is 6.89. The molecule has 0 aliphatic heterocycles. The number of hydrogen-bond acceptors (Lipinski definition) is 3. The summed E-state index contributed by atoms with van der Waals surface area (Å²) in [6.45, 7) is 5.88. The first-order chi connectivity index (χ1) is 10.5. The van der Waals surface area contributed by atoms with Gasteiger partial charge >= 0.3 is 0 Å². The van der Waals surface area contributed by atoms with Crippen LogP contribution in [0.15, 0.2) is 24.4 Å². The van der Waals surface area contributed by atoms with Crippen LogP contribution in [-0.2, 0) is 0 Å². The van der Waals surface area contributed by atoms with E-state index in [9.17, 15) is 4.39 Å². The lowest BCUT2D eigenvalue weighted by atomic mass is 10.2. The van der Waals surface area contributed by atoms with E-state index in [4.69, 9.17) is 11.6 Å². The Morgan fingerprint density at radius 3 is 2.77 bits per heavy atom. The Morgan fingerprint density at radius 1 is 1.32 bits per heavy atom. The zero-order valence-electron chi connectivity index (χ0n) is 12.4. The number of rotatable bonds is 3. The molecule has 1 aromatic carbocycles. The average Bonchev–Trinajstić information content (AvgIpc) is 3.05. The maximum absolute atomic E-state index is 14.0. The lowest BCUT2D eigenvalue weighted by Crippen LogP contribution is -2.05. The molecule has 0 saturated heterocycles. The van der Waals surface area contributed by atoms with Gasteiger partial charge in [-0.1, -0.05) is 11.6 Å². The second-order valence-electron chi connectivity index (χ2n) is 5.29. The van der Waals surface area contributed by atoms with Crippen LogP contribution in [0.1, 0.15) is 25.7 Å². The molecule has 22 heavy (non-hydrogen) atoms. The van der Waals surface area contributed by atoms with Crippen LogP contribution < -0.4 is 0 Å². The van der Waals surface area contributed by atoms with Gasteiger partial charge in [-0.05, 0) is 39.0 Å². The Morgan fingerprint density at radius 2 is 2.09 bits per heavy atom. The molecule has 3 rings (SSSR count). The van der Waals surface area contributed by atoms with Crippen molar-refractivity contribution >= 4 is 11.6 Å². The summed E-state index contributed by atoms with van der Waals surface area (Å²) in [6, 6.07) is 4.65. The van der Waals surface area contributed by atoms with Gasteiger partial charge in [0.2, 0.25) is 0 Å². The van der Waals surface area contributed by atoms with Crippen LogP contribution in [0.3, 0.4) is 0 Å². The van der Waals surface area contributed by atoms with Gasteiger partial charge in [-0.2, -0.15) is 5.10 Å².